The molecular weight excluding hydrogens is 396 g/mol. The number of ether oxygens (including phenoxy) is 1. The fraction of sp³-hybridized carbons (Fsp3) is 0.0909. The first-order valence-corrected chi connectivity index (χ1v) is 9.65. The molecule has 0 amide bonds. The molecule has 8 heteroatoms. The SMILES string of the molecule is COc1ccc(NC(=S)N(C)/N=C/c2cnc3ccc(-c4cccnc4)cn23)cc1. The van der Waals surface area contributed by atoms with Crippen molar-refractivity contribution in [3.05, 3.63) is 79.0 Å². The summed E-state index contributed by atoms with van der Waals surface area (Å²) >= 11 is 5.44. The summed E-state index contributed by atoms with van der Waals surface area (Å²) in [6.45, 7) is 0. The van der Waals surface area contributed by atoms with Gasteiger partial charge in [-0.15, -0.1) is 0 Å². The number of pyridine rings is 2. The van der Waals surface area contributed by atoms with E-state index in [2.05, 4.69) is 20.4 Å². The lowest BCUT2D eigenvalue weighted by Crippen LogP contribution is -2.26. The highest BCUT2D eigenvalue weighted by molar-refractivity contribution is 7.80. The minimum absolute atomic E-state index is 0.473. The highest BCUT2D eigenvalue weighted by Crippen LogP contribution is 2.19. The Hall–Kier alpha value is -3.78. The van der Waals surface area contributed by atoms with Crippen molar-refractivity contribution in [3.8, 4) is 16.9 Å². The van der Waals surface area contributed by atoms with E-state index in [1.165, 1.54) is 0 Å². The molecule has 4 rings (SSSR count). The molecule has 0 atom stereocenters. The molecule has 3 aromatic heterocycles. The minimum atomic E-state index is 0.473. The Morgan fingerprint density at radius 1 is 1.13 bits per heavy atom. The van der Waals surface area contributed by atoms with Gasteiger partial charge in [0.05, 0.1) is 25.2 Å². The number of imidazole rings is 1. The number of hydrogen-bond donors (Lipinski definition) is 1. The first-order chi connectivity index (χ1) is 14.6. The molecule has 0 aliphatic carbocycles. The zero-order valence-corrected chi connectivity index (χ0v) is 17.4. The van der Waals surface area contributed by atoms with Crippen LogP contribution in [0.25, 0.3) is 16.8 Å². The van der Waals surface area contributed by atoms with E-state index in [9.17, 15) is 0 Å². The van der Waals surface area contributed by atoms with E-state index < -0.39 is 0 Å². The fourth-order valence-corrected chi connectivity index (χ4v) is 3.04. The summed E-state index contributed by atoms with van der Waals surface area (Å²) in [6.07, 6.45) is 9.13. The molecule has 150 valence electrons. The van der Waals surface area contributed by atoms with Crippen LogP contribution in [0.5, 0.6) is 5.75 Å². The van der Waals surface area contributed by atoms with Crippen LogP contribution in [0.2, 0.25) is 0 Å². The van der Waals surface area contributed by atoms with Crippen LogP contribution >= 0.6 is 12.2 Å². The molecule has 0 spiro atoms. The predicted molar refractivity (Wildman–Crippen MR) is 123 cm³/mol. The number of hydrogen-bond acceptors (Lipinski definition) is 5. The van der Waals surface area contributed by atoms with Gasteiger partial charge in [-0.25, -0.2) is 9.99 Å². The van der Waals surface area contributed by atoms with E-state index in [-0.39, 0.29) is 0 Å². The van der Waals surface area contributed by atoms with Gasteiger partial charge in [-0.05, 0) is 54.7 Å². The van der Waals surface area contributed by atoms with E-state index in [1.807, 2.05) is 65.3 Å². The summed E-state index contributed by atoms with van der Waals surface area (Å²) in [5, 5.41) is 9.68. The maximum atomic E-state index is 5.44. The summed E-state index contributed by atoms with van der Waals surface area (Å²) < 4.78 is 7.15. The third kappa shape index (κ3) is 4.28. The van der Waals surface area contributed by atoms with E-state index >= 15 is 0 Å². The second-order valence-electron chi connectivity index (χ2n) is 6.50. The second-order valence-corrected chi connectivity index (χ2v) is 6.88. The highest BCUT2D eigenvalue weighted by atomic mass is 32.1. The van der Waals surface area contributed by atoms with Crippen LogP contribution in [0, 0.1) is 0 Å². The monoisotopic (exact) mass is 416 g/mol. The molecule has 0 bridgehead atoms. The minimum Gasteiger partial charge on any atom is -0.497 e. The summed E-state index contributed by atoms with van der Waals surface area (Å²) in [6, 6.07) is 15.5. The van der Waals surface area contributed by atoms with Crippen LogP contribution in [0.15, 0.2) is 78.4 Å². The number of anilines is 1. The van der Waals surface area contributed by atoms with Crippen molar-refractivity contribution in [1.29, 1.82) is 0 Å². The van der Waals surface area contributed by atoms with Gasteiger partial charge in [-0.2, -0.15) is 5.10 Å². The van der Waals surface area contributed by atoms with Crippen molar-refractivity contribution in [2.75, 3.05) is 19.5 Å². The Morgan fingerprint density at radius 3 is 2.70 bits per heavy atom. The van der Waals surface area contributed by atoms with Gasteiger partial charge >= 0.3 is 0 Å². The number of nitrogens with one attached hydrogen (secondary N) is 1. The zero-order chi connectivity index (χ0) is 20.9. The summed E-state index contributed by atoms with van der Waals surface area (Å²) in [4.78, 5) is 8.63. The molecule has 1 N–H and O–H groups in total. The van der Waals surface area contributed by atoms with Gasteiger partial charge in [-0.3, -0.25) is 9.38 Å². The topological polar surface area (TPSA) is 67.0 Å². The number of aromatic nitrogens is 3. The van der Waals surface area contributed by atoms with Gasteiger partial charge in [0, 0.05) is 42.5 Å². The van der Waals surface area contributed by atoms with Gasteiger partial charge in [0.15, 0.2) is 5.11 Å². The lowest BCUT2D eigenvalue weighted by molar-refractivity contribution is 0.415. The second kappa shape index (κ2) is 8.71. The third-order valence-corrected chi connectivity index (χ3v) is 4.89. The van der Waals surface area contributed by atoms with Crippen LogP contribution in [0.1, 0.15) is 5.69 Å². The summed E-state index contributed by atoms with van der Waals surface area (Å²) in [5.74, 6) is 0.788. The zero-order valence-electron chi connectivity index (χ0n) is 16.6. The quantitative estimate of drug-likeness (QED) is 0.301. The Kier molecular flexibility index (Phi) is 5.67. The summed E-state index contributed by atoms with van der Waals surface area (Å²) in [7, 11) is 3.43. The Balaban J connectivity index is 1.50. The maximum Gasteiger partial charge on any atom is 0.193 e. The van der Waals surface area contributed by atoms with Crippen molar-refractivity contribution in [3.63, 3.8) is 0 Å². The molecule has 7 nitrogen and oxygen atoms in total. The fourth-order valence-electron chi connectivity index (χ4n) is 2.88. The van der Waals surface area contributed by atoms with Crippen LogP contribution in [-0.2, 0) is 0 Å². The highest BCUT2D eigenvalue weighted by Gasteiger charge is 2.06. The molecule has 0 aliphatic rings. The smallest absolute Gasteiger partial charge is 0.193 e. The van der Waals surface area contributed by atoms with Crippen LogP contribution in [-0.4, -0.2) is 44.9 Å². The van der Waals surface area contributed by atoms with E-state index in [4.69, 9.17) is 17.0 Å². The number of rotatable bonds is 5. The Morgan fingerprint density at radius 2 is 1.97 bits per heavy atom. The molecule has 0 saturated carbocycles. The first kappa shape index (κ1) is 19.5. The Labute approximate surface area is 179 Å². The third-order valence-electron chi connectivity index (χ3n) is 4.53. The molecule has 3 heterocycles. The number of fused-ring (bicyclic) bond motifs is 1. The standard InChI is InChI=1S/C22H20N6OS/c1-27(22(30)26-18-6-8-20(29-2)9-7-18)25-14-19-13-24-21-10-5-17(15-28(19)21)16-4-3-11-23-12-16/h3-15H,1-2H3,(H,26,30)/b25-14+. The number of methoxy groups -OCH3 is 1. The van der Waals surface area contributed by atoms with Crippen LogP contribution in [0.3, 0.4) is 0 Å². The largest absolute Gasteiger partial charge is 0.497 e. The van der Waals surface area contributed by atoms with Crippen molar-refractivity contribution in [2.45, 2.75) is 0 Å². The van der Waals surface area contributed by atoms with Crippen molar-refractivity contribution < 1.29 is 4.74 Å². The van der Waals surface area contributed by atoms with E-state index in [1.54, 1.807) is 37.8 Å². The van der Waals surface area contributed by atoms with Gasteiger partial charge in [0.1, 0.15) is 11.4 Å². The van der Waals surface area contributed by atoms with Crippen molar-refractivity contribution in [2.24, 2.45) is 5.10 Å². The molecule has 0 radical (unpaired) electrons. The van der Waals surface area contributed by atoms with Gasteiger partial charge in [0.2, 0.25) is 0 Å². The number of thiocarbonyl (C=S) groups is 1. The molecule has 4 aromatic rings. The summed E-state index contributed by atoms with van der Waals surface area (Å²) in [5.41, 5.74) is 4.63. The maximum absolute atomic E-state index is 5.44. The molecule has 30 heavy (non-hydrogen) atoms. The average molecular weight is 417 g/mol. The predicted octanol–water partition coefficient (Wildman–Crippen LogP) is 4.07. The van der Waals surface area contributed by atoms with Gasteiger partial charge < -0.3 is 10.1 Å². The molecule has 0 fully saturated rings. The molecular formula is C22H20N6OS. The lowest BCUT2D eigenvalue weighted by Gasteiger charge is -2.15. The van der Waals surface area contributed by atoms with Gasteiger partial charge in [-0.1, -0.05) is 6.07 Å². The number of nitrogens with zero attached hydrogens (tertiary/aromatic N) is 5. The van der Waals surface area contributed by atoms with Crippen molar-refractivity contribution in [1.82, 2.24) is 19.4 Å². The molecule has 0 saturated heterocycles. The van der Waals surface area contributed by atoms with Crippen LogP contribution in [0.4, 0.5) is 5.69 Å². The van der Waals surface area contributed by atoms with E-state index in [0.29, 0.717) is 5.11 Å². The molecule has 1 aromatic carbocycles. The first-order valence-electron chi connectivity index (χ1n) is 9.24. The van der Waals surface area contributed by atoms with E-state index in [0.717, 1.165) is 33.9 Å². The van der Waals surface area contributed by atoms with Gasteiger partial charge in [0.25, 0.3) is 0 Å². The number of hydrazone groups is 1. The normalized spacial score (nSPS) is 11.0. The number of benzene rings is 1. The molecule has 0 unspecified atom stereocenters. The Bertz CT molecular complexity index is 1190. The van der Waals surface area contributed by atoms with Crippen LogP contribution < -0.4 is 10.1 Å². The average Bonchev–Trinajstić information content (AvgIpc) is 3.20. The van der Waals surface area contributed by atoms with Crippen molar-refractivity contribution >= 4 is 34.9 Å². The lowest BCUT2D eigenvalue weighted by atomic mass is 10.1. The molecule has 0 aliphatic heterocycles.